The predicted octanol–water partition coefficient (Wildman–Crippen LogP) is 10.8. The second-order valence-electron chi connectivity index (χ2n) is 12.1. The minimum absolute atomic E-state index is 0.201. The fraction of sp³-hybridized carbons (Fsp3) is 0.436. The van der Waals surface area contributed by atoms with E-state index in [-0.39, 0.29) is 24.4 Å². The number of amides is 1. The monoisotopic (exact) mass is 633 g/mol. The molecule has 3 rings (SSSR count). The largest absolute Gasteiger partial charge is 0.333 e. The highest BCUT2D eigenvalue weighted by molar-refractivity contribution is 5.97. The normalized spacial score (nSPS) is 13.5. The van der Waals surface area contributed by atoms with Crippen LogP contribution in [0.15, 0.2) is 84.4 Å². The third-order valence-electron chi connectivity index (χ3n) is 7.90. The lowest BCUT2D eigenvalue weighted by Crippen LogP contribution is -2.42. The Morgan fingerprint density at radius 2 is 1.74 bits per heavy atom. The summed E-state index contributed by atoms with van der Waals surface area (Å²) < 4.78 is 43.4. The molecule has 0 fully saturated rings. The van der Waals surface area contributed by atoms with Crippen molar-refractivity contribution in [1.29, 1.82) is 5.26 Å². The third-order valence-corrected chi connectivity index (χ3v) is 7.90. The van der Waals surface area contributed by atoms with Crippen LogP contribution < -0.4 is 0 Å². The van der Waals surface area contributed by atoms with Crippen LogP contribution in [0.25, 0.3) is 16.7 Å². The maximum Gasteiger partial charge on any atom is 0.265 e. The molecule has 1 aliphatic rings. The number of rotatable bonds is 13. The van der Waals surface area contributed by atoms with E-state index >= 15 is 4.39 Å². The van der Waals surface area contributed by atoms with E-state index in [0.717, 1.165) is 35.5 Å². The quantitative estimate of drug-likeness (QED) is 0.206. The van der Waals surface area contributed by atoms with Crippen molar-refractivity contribution in [2.75, 3.05) is 13.1 Å². The molecule has 0 radical (unpaired) electrons. The van der Waals surface area contributed by atoms with Crippen LogP contribution in [0.3, 0.4) is 0 Å². The molecule has 0 aliphatic carbocycles. The summed E-state index contributed by atoms with van der Waals surface area (Å²) in [5.41, 5.74) is 4.29. The Bertz CT molecular complexity index is 1480. The first-order valence-corrected chi connectivity index (χ1v) is 16.4. The van der Waals surface area contributed by atoms with Crippen LogP contribution in [0.1, 0.15) is 91.2 Å². The number of alkyl halides is 2. The van der Waals surface area contributed by atoms with Crippen molar-refractivity contribution >= 4 is 11.5 Å². The highest BCUT2D eigenvalue weighted by atomic mass is 19.3. The summed E-state index contributed by atoms with van der Waals surface area (Å²) >= 11 is 0. The molecule has 46 heavy (non-hydrogen) atoms. The molecule has 0 atom stereocenters. The van der Waals surface area contributed by atoms with Gasteiger partial charge in [-0.05, 0) is 72.6 Å². The summed E-state index contributed by atoms with van der Waals surface area (Å²) in [7, 11) is 0. The number of halogens is 3. The molecule has 7 heteroatoms. The maximum absolute atomic E-state index is 15.1. The molecule has 0 aromatic heterocycles. The molecule has 0 N–H and O–H groups in total. The molecule has 2 aromatic rings. The van der Waals surface area contributed by atoms with Crippen LogP contribution in [0.2, 0.25) is 0 Å². The smallest absolute Gasteiger partial charge is 0.265 e. The van der Waals surface area contributed by atoms with E-state index in [9.17, 15) is 18.8 Å². The molecular weight excluding hydrogens is 583 g/mol. The lowest BCUT2D eigenvalue weighted by molar-refractivity contribution is -0.132. The van der Waals surface area contributed by atoms with Gasteiger partial charge in [-0.15, -0.1) is 0 Å². The van der Waals surface area contributed by atoms with Gasteiger partial charge in [-0.3, -0.25) is 4.79 Å². The number of carbonyl (C=O) groups is 1. The fourth-order valence-electron chi connectivity index (χ4n) is 4.82. The van der Waals surface area contributed by atoms with Crippen molar-refractivity contribution < 1.29 is 18.0 Å². The Morgan fingerprint density at radius 1 is 1.07 bits per heavy atom. The Kier molecular flexibility index (Phi) is 15.1. The minimum atomic E-state index is -2.98. The van der Waals surface area contributed by atoms with Gasteiger partial charge in [0.15, 0.2) is 0 Å². The minimum Gasteiger partial charge on any atom is -0.333 e. The zero-order valence-electron chi connectivity index (χ0n) is 28.6. The van der Waals surface area contributed by atoms with Gasteiger partial charge in [0.2, 0.25) is 0 Å². The van der Waals surface area contributed by atoms with Crippen molar-refractivity contribution in [3.8, 4) is 17.2 Å². The summed E-state index contributed by atoms with van der Waals surface area (Å²) in [4.78, 5) is 16.0. The van der Waals surface area contributed by atoms with Crippen LogP contribution in [-0.2, 0) is 4.79 Å². The van der Waals surface area contributed by atoms with E-state index in [2.05, 4.69) is 40.3 Å². The third kappa shape index (κ3) is 10.5. The second-order valence-corrected chi connectivity index (χ2v) is 12.1. The van der Waals surface area contributed by atoms with E-state index in [1.165, 1.54) is 36.5 Å². The van der Waals surface area contributed by atoms with Crippen LogP contribution in [-0.4, -0.2) is 34.7 Å². The van der Waals surface area contributed by atoms with E-state index in [1.807, 2.05) is 44.2 Å². The number of nitrogens with zero attached hydrogens (tertiary/aromatic N) is 3. The molecule has 2 aromatic carbocycles. The van der Waals surface area contributed by atoms with Crippen molar-refractivity contribution in [2.24, 2.45) is 5.92 Å². The number of aryl methyl sites for hydroxylation is 1. The number of hydrogen-bond donors (Lipinski definition) is 0. The van der Waals surface area contributed by atoms with Crippen LogP contribution in [0.5, 0.6) is 0 Å². The Labute approximate surface area is 274 Å². The van der Waals surface area contributed by atoms with Gasteiger partial charge in [0.25, 0.3) is 11.8 Å². The molecule has 1 heterocycles. The number of hydrogen-bond acceptors (Lipinski definition) is 3. The van der Waals surface area contributed by atoms with Crippen LogP contribution >= 0.6 is 0 Å². The average molecular weight is 634 g/mol. The molecular formula is C39H50F3N3O. The zero-order chi connectivity index (χ0) is 34.4. The second kappa shape index (κ2) is 18.2. The SMILES string of the molecule is C=C1C=C(C(=O)N(CCC)CC(F)(F)CC)C=CN1/C(C#N)=C(\CCCC)c1ccccc1-c1ccc(C)cc1F.CCC(C)C. The molecule has 0 spiro atoms. The molecule has 1 amide bonds. The van der Waals surface area contributed by atoms with Gasteiger partial charge in [-0.25, -0.2) is 13.2 Å². The summed E-state index contributed by atoms with van der Waals surface area (Å²) in [5, 5.41) is 10.4. The van der Waals surface area contributed by atoms with Crippen LogP contribution in [0.4, 0.5) is 13.2 Å². The summed E-state index contributed by atoms with van der Waals surface area (Å²) in [5.74, 6) is -2.95. The van der Waals surface area contributed by atoms with Gasteiger partial charge in [-0.2, -0.15) is 5.26 Å². The predicted molar refractivity (Wildman–Crippen MR) is 184 cm³/mol. The van der Waals surface area contributed by atoms with Gasteiger partial charge in [0.05, 0.1) is 6.54 Å². The van der Waals surface area contributed by atoms with Crippen molar-refractivity contribution in [3.05, 3.63) is 101 Å². The van der Waals surface area contributed by atoms with E-state index in [4.69, 9.17) is 0 Å². The van der Waals surface area contributed by atoms with E-state index < -0.39 is 18.4 Å². The molecule has 0 saturated heterocycles. The summed E-state index contributed by atoms with van der Waals surface area (Å²) in [6, 6.07) is 14.8. The molecule has 4 nitrogen and oxygen atoms in total. The zero-order valence-corrected chi connectivity index (χ0v) is 28.6. The topological polar surface area (TPSA) is 47.3 Å². The molecule has 248 valence electrons. The van der Waals surface area contributed by atoms with E-state index in [0.29, 0.717) is 35.4 Å². The van der Waals surface area contributed by atoms with Gasteiger partial charge in [-0.1, -0.05) is 97.4 Å². The van der Waals surface area contributed by atoms with Crippen LogP contribution in [0, 0.1) is 30.0 Å². The first-order chi connectivity index (χ1) is 21.8. The molecule has 0 saturated carbocycles. The molecule has 0 unspecified atom stereocenters. The standard InChI is InChI=1S/C34H38F3N3O.C5H12/c1-6-9-12-30(28-14-11-10-13-27(28)29-16-15-24(4)20-31(29)35)32(22-38)40-19-17-26(21-25(40)5)33(41)39(18-7-2)23-34(36,37)8-3;1-4-5(2)3/h10-11,13-17,19-21H,5-9,12,18,23H2,1-4H3;5H,4H2,1-3H3/b32-30+;. The molecule has 1 aliphatic heterocycles. The highest BCUT2D eigenvalue weighted by Crippen LogP contribution is 2.37. The number of benzene rings is 2. The van der Waals surface area contributed by atoms with Crippen molar-refractivity contribution in [2.45, 2.75) is 92.9 Å². The number of unbranched alkanes of at least 4 members (excludes halogenated alkanes) is 1. The number of allylic oxidation sites excluding steroid dienone is 3. The van der Waals surface area contributed by atoms with Gasteiger partial charge >= 0.3 is 0 Å². The number of nitriles is 1. The number of carbonyl (C=O) groups excluding carboxylic acids is 1. The lowest BCUT2D eigenvalue weighted by atomic mass is 9.89. The Balaban J connectivity index is 0.00000136. The first-order valence-electron chi connectivity index (χ1n) is 16.4. The van der Waals surface area contributed by atoms with Gasteiger partial charge < -0.3 is 9.80 Å². The lowest BCUT2D eigenvalue weighted by Gasteiger charge is -2.30. The fourth-order valence-corrected chi connectivity index (χ4v) is 4.82. The van der Waals surface area contributed by atoms with E-state index in [1.54, 1.807) is 17.2 Å². The highest BCUT2D eigenvalue weighted by Gasteiger charge is 2.32. The first kappa shape index (κ1) is 38.1. The van der Waals surface area contributed by atoms with Gasteiger partial charge in [0.1, 0.15) is 17.6 Å². The Morgan fingerprint density at radius 3 is 2.28 bits per heavy atom. The summed E-state index contributed by atoms with van der Waals surface area (Å²) in [6.45, 7) is 17.4. The Hall–Kier alpha value is -4.05. The van der Waals surface area contributed by atoms with Gasteiger partial charge in [0, 0.05) is 36.0 Å². The maximum atomic E-state index is 15.1. The van der Waals surface area contributed by atoms with Crippen molar-refractivity contribution in [3.63, 3.8) is 0 Å². The van der Waals surface area contributed by atoms with Crippen molar-refractivity contribution in [1.82, 2.24) is 9.80 Å². The average Bonchev–Trinajstić information content (AvgIpc) is 3.03. The summed E-state index contributed by atoms with van der Waals surface area (Å²) in [6.07, 6.45) is 8.37. The molecule has 0 bridgehead atoms.